The van der Waals surface area contributed by atoms with Crippen LogP contribution in [0.5, 0.6) is 0 Å². The van der Waals surface area contributed by atoms with Gasteiger partial charge in [-0.3, -0.25) is 4.79 Å². The van der Waals surface area contributed by atoms with Crippen molar-refractivity contribution < 1.29 is 4.79 Å². The van der Waals surface area contributed by atoms with Gasteiger partial charge in [-0.1, -0.05) is 0 Å². The molecule has 148 valence electrons. The van der Waals surface area contributed by atoms with Crippen molar-refractivity contribution in [3.8, 4) is 0 Å². The van der Waals surface area contributed by atoms with E-state index < -0.39 is 0 Å². The molecule has 1 N–H and O–H groups in total. The van der Waals surface area contributed by atoms with Crippen molar-refractivity contribution in [2.24, 2.45) is 0 Å². The summed E-state index contributed by atoms with van der Waals surface area (Å²) in [5, 5.41) is 11.7. The molecule has 0 spiro atoms. The van der Waals surface area contributed by atoms with E-state index in [9.17, 15) is 4.79 Å². The fourth-order valence-corrected chi connectivity index (χ4v) is 3.90. The van der Waals surface area contributed by atoms with Crippen LogP contribution in [0.1, 0.15) is 42.3 Å². The summed E-state index contributed by atoms with van der Waals surface area (Å²) in [5.74, 6) is 1.34. The van der Waals surface area contributed by atoms with Crippen molar-refractivity contribution in [2.45, 2.75) is 45.6 Å². The van der Waals surface area contributed by atoms with Crippen molar-refractivity contribution >= 4 is 17.5 Å². The first kappa shape index (κ1) is 18.5. The van der Waals surface area contributed by atoms with Crippen LogP contribution in [0.25, 0.3) is 5.78 Å². The fraction of sp³-hybridized carbons (Fsp3) is 0.526. The Morgan fingerprint density at radius 2 is 2.04 bits per heavy atom. The van der Waals surface area contributed by atoms with Gasteiger partial charge < -0.3 is 10.2 Å². The van der Waals surface area contributed by atoms with Crippen LogP contribution in [-0.2, 0) is 11.2 Å². The zero-order chi connectivity index (χ0) is 19.7. The first-order chi connectivity index (χ1) is 13.5. The van der Waals surface area contributed by atoms with Crippen LogP contribution in [0.2, 0.25) is 0 Å². The molecule has 3 aromatic rings. The first-order valence-electron chi connectivity index (χ1n) is 9.70. The molecule has 0 aliphatic carbocycles. The van der Waals surface area contributed by atoms with E-state index in [4.69, 9.17) is 0 Å². The van der Waals surface area contributed by atoms with E-state index >= 15 is 0 Å². The molecule has 1 fully saturated rings. The zero-order valence-electron chi connectivity index (χ0n) is 16.6. The molecule has 4 heterocycles. The lowest BCUT2D eigenvalue weighted by Crippen LogP contribution is -2.32. The van der Waals surface area contributed by atoms with Gasteiger partial charge in [0.25, 0.3) is 5.78 Å². The lowest BCUT2D eigenvalue weighted by Gasteiger charge is -2.30. The number of fused-ring (bicyclic) bond motifs is 1. The summed E-state index contributed by atoms with van der Waals surface area (Å²) in [5.41, 5.74) is 2.91. The van der Waals surface area contributed by atoms with Gasteiger partial charge in [0, 0.05) is 23.9 Å². The Morgan fingerprint density at radius 3 is 2.82 bits per heavy atom. The van der Waals surface area contributed by atoms with Crippen LogP contribution in [0.3, 0.4) is 0 Å². The number of rotatable bonds is 5. The van der Waals surface area contributed by atoms with Crippen molar-refractivity contribution in [2.75, 3.05) is 25.5 Å². The third-order valence-corrected chi connectivity index (χ3v) is 5.56. The third-order valence-electron chi connectivity index (χ3n) is 5.56. The van der Waals surface area contributed by atoms with Crippen molar-refractivity contribution in [3.05, 3.63) is 35.5 Å². The SMILES string of the molecule is Cc1nc2ncnn2c(C)c1CCC(=O)Nc1ccnn1C1CCN(C)CC1. The molecular formula is C19H26N8O. The van der Waals surface area contributed by atoms with E-state index in [1.807, 2.05) is 24.6 Å². The summed E-state index contributed by atoms with van der Waals surface area (Å²) in [6.07, 6.45) is 6.32. The molecule has 0 atom stereocenters. The minimum atomic E-state index is -0.0211. The molecule has 9 nitrogen and oxygen atoms in total. The van der Waals surface area contributed by atoms with Gasteiger partial charge >= 0.3 is 0 Å². The summed E-state index contributed by atoms with van der Waals surface area (Å²) in [6.45, 7) is 6.03. The summed E-state index contributed by atoms with van der Waals surface area (Å²) in [6, 6.07) is 2.21. The Labute approximate surface area is 163 Å². The molecule has 0 saturated carbocycles. The third kappa shape index (κ3) is 3.62. The number of carbonyl (C=O) groups is 1. The smallest absolute Gasteiger partial charge is 0.252 e. The van der Waals surface area contributed by atoms with Crippen LogP contribution >= 0.6 is 0 Å². The van der Waals surface area contributed by atoms with Crippen molar-refractivity contribution in [1.29, 1.82) is 0 Å². The lowest BCUT2D eigenvalue weighted by atomic mass is 10.1. The highest BCUT2D eigenvalue weighted by Gasteiger charge is 2.21. The summed E-state index contributed by atoms with van der Waals surface area (Å²) in [4.78, 5) is 23.5. The Bertz CT molecular complexity index is 983. The van der Waals surface area contributed by atoms with Crippen LogP contribution in [0.4, 0.5) is 5.82 Å². The topological polar surface area (TPSA) is 93.2 Å². The monoisotopic (exact) mass is 382 g/mol. The maximum Gasteiger partial charge on any atom is 0.252 e. The number of amides is 1. The standard InChI is InChI=1S/C19H26N8O/c1-13-16(14(2)26-19(23-13)20-12-22-26)4-5-18(28)24-17-6-9-21-27(17)15-7-10-25(3)11-8-15/h6,9,12,15H,4-5,7-8,10-11H2,1-3H3,(H,24,28). The highest BCUT2D eigenvalue weighted by Crippen LogP contribution is 2.25. The normalized spacial score (nSPS) is 16.0. The highest BCUT2D eigenvalue weighted by molar-refractivity contribution is 5.90. The van der Waals surface area contributed by atoms with Crippen LogP contribution in [0, 0.1) is 13.8 Å². The van der Waals surface area contributed by atoms with Crippen molar-refractivity contribution in [1.82, 2.24) is 34.3 Å². The Hall–Kier alpha value is -2.81. The van der Waals surface area contributed by atoms with Gasteiger partial charge in [-0.15, -0.1) is 0 Å². The number of aryl methyl sites for hydroxylation is 2. The molecule has 0 aromatic carbocycles. The fourth-order valence-electron chi connectivity index (χ4n) is 3.90. The molecule has 4 rings (SSSR count). The maximum absolute atomic E-state index is 12.6. The molecule has 0 unspecified atom stereocenters. The van der Waals surface area contributed by atoms with Crippen LogP contribution < -0.4 is 5.32 Å². The van der Waals surface area contributed by atoms with E-state index in [1.165, 1.54) is 6.33 Å². The Balaban J connectivity index is 1.42. The number of aromatic nitrogens is 6. The quantitative estimate of drug-likeness (QED) is 0.723. The molecule has 1 amide bonds. The van der Waals surface area contributed by atoms with Gasteiger partial charge in [-0.25, -0.2) is 14.2 Å². The van der Waals surface area contributed by atoms with Gasteiger partial charge in [0.1, 0.15) is 12.1 Å². The molecule has 1 aliphatic rings. The van der Waals surface area contributed by atoms with E-state index in [-0.39, 0.29) is 5.91 Å². The summed E-state index contributed by atoms with van der Waals surface area (Å²) >= 11 is 0. The van der Waals surface area contributed by atoms with Gasteiger partial charge in [-0.2, -0.15) is 15.2 Å². The van der Waals surface area contributed by atoms with Gasteiger partial charge in [0.05, 0.1) is 12.2 Å². The highest BCUT2D eigenvalue weighted by atomic mass is 16.1. The second kappa shape index (κ2) is 7.67. The number of hydrogen-bond acceptors (Lipinski definition) is 6. The molecule has 0 radical (unpaired) electrons. The number of nitrogens with one attached hydrogen (secondary N) is 1. The molecule has 1 aliphatic heterocycles. The van der Waals surface area contributed by atoms with Crippen molar-refractivity contribution in [3.63, 3.8) is 0 Å². The second-order valence-corrected chi connectivity index (χ2v) is 7.48. The number of hydrogen-bond donors (Lipinski definition) is 1. The molecule has 9 heteroatoms. The van der Waals surface area contributed by atoms with E-state index in [1.54, 1.807) is 10.7 Å². The number of piperidine rings is 1. The second-order valence-electron chi connectivity index (χ2n) is 7.48. The molecular weight excluding hydrogens is 356 g/mol. The zero-order valence-corrected chi connectivity index (χ0v) is 16.6. The largest absolute Gasteiger partial charge is 0.311 e. The Kier molecular flexibility index (Phi) is 5.08. The van der Waals surface area contributed by atoms with E-state index in [2.05, 4.69) is 37.4 Å². The minimum Gasteiger partial charge on any atom is -0.311 e. The van der Waals surface area contributed by atoms with E-state index in [0.29, 0.717) is 24.7 Å². The number of likely N-dealkylation sites (tertiary alicyclic amines) is 1. The molecule has 3 aromatic heterocycles. The average Bonchev–Trinajstić information content (AvgIpc) is 3.31. The van der Waals surface area contributed by atoms with Gasteiger partial charge in [0.15, 0.2) is 0 Å². The van der Waals surface area contributed by atoms with Gasteiger partial charge in [-0.05, 0) is 58.8 Å². The lowest BCUT2D eigenvalue weighted by molar-refractivity contribution is -0.116. The molecule has 28 heavy (non-hydrogen) atoms. The molecule has 0 bridgehead atoms. The minimum absolute atomic E-state index is 0.0211. The van der Waals surface area contributed by atoms with E-state index in [0.717, 1.165) is 48.7 Å². The van der Waals surface area contributed by atoms with Gasteiger partial charge in [0.2, 0.25) is 5.91 Å². The predicted octanol–water partition coefficient (Wildman–Crippen LogP) is 1.78. The maximum atomic E-state index is 12.6. The summed E-state index contributed by atoms with van der Waals surface area (Å²) in [7, 11) is 2.14. The number of anilines is 1. The molecule has 1 saturated heterocycles. The average molecular weight is 382 g/mol. The van der Waals surface area contributed by atoms with Crippen LogP contribution in [-0.4, -0.2) is 60.3 Å². The number of nitrogens with zero attached hydrogens (tertiary/aromatic N) is 7. The summed E-state index contributed by atoms with van der Waals surface area (Å²) < 4.78 is 3.68. The first-order valence-corrected chi connectivity index (χ1v) is 9.70. The Morgan fingerprint density at radius 1 is 1.25 bits per heavy atom. The van der Waals surface area contributed by atoms with Crippen LogP contribution in [0.15, 0.2) is 18.6 Å². The number of carbonyl (C=O) groups excluding carboxylic acids is 1. The predicted molar refractivity (Wildman–Crippen MR) is 105 cm³/mol.